The molecule has 0 fully saturated rings. The third-order valence-electron chi connectivity index (χ3n) is 3.09. The highest BCUT2D eigenvalue weighted by molar-refractivity contribution is 5.69. The van der Waals surface area contributed by atoms with Gasteiger partial charge in [0, 0.05) is 5.56 Å². The highest BCUT2D eigenvalue weighted by Crippen LogP contribution is 2.31. The summed E-state index contributed by atoms with van der Waals surface area (Å²) in [5.74, 6) is 0.0752. The number of hydrogen-bond donors (Lipinski definition) is 1. The SMILES string of the molecule is CC(C)c1cccc(F)c1-c1ccc(CO)cc1. The van der Waals surface area contributed by atoms with Crippen molar-refractivity contribution in [3.63, 3.8) is 0 Å². The molecule has 0 bridgehead atoms. The Labute approximate surface area is 107 Å². The highest BCUT2D eigenvalue weighted by Gasteiger charge is 2.12. The Balaban J connectivity index is 2.54. The van der Waals surface area contributed by atoms with Crippen molar-refractivity contribution >= 4 is 0 Å². The van der Waals surface area contributed by atoms with Gasteiger partial charge in [-0.15, -0.1) is 0 Å². The van der Waals surface area contributed by atoms with Crippen LogP contribution in [0.5, 0.6) is 0 Å². The Morgan fingerprint density at radius 2 is 1.72 bits per heavy atom. The summed E-state index contributed by atoms with van der Waals surface area (Å²) in [7, 11) is 0. The van der Waals surface area contributed by atoms with E-state index in [9.17, 15) is 4.39 Å². The Morgan fingerprint density at radius 1 is 1.06 bits per heavy atom. The summed E-state index contributed by atoms with van der Waals surface area (Å²) in [6.07, 6.45) is 0. The lowest BCUT2D eigenvalue weighted by Gasteiger charge is -2.14. The zero-order chi connectivity index (χ0) is 13.1. The number of benzene rings is 2. The van der Waals surface area contributed by atoms with Crippen LogP contribution in [-0.2, 0) is 6.61 Å². The van der Waals surface area contributed by atoms with Crippen molar-refractivity contribution in [1.29, 1.82) is 0 Å². The molecule has 0 saturated heterocycles. The van der Waals surface area contributed by atoms with Gasteiger partial charge in [-0.25, -0.2) is 4.39 Å². The van der Waals surface area contributed by atoms with Crippen LogP contribution in [0.3, 0.4) is 0 Å². The summed E-state index contributed by atoms with van der Waals surface area (Å²) >= 11 is 0. The molecule has 1 N–H and O–H groups in total. The summed E-state index contributed by atoms with van der Waals surface area (Å²) in [6, 6.07) is 12.6. The van der Waals surface area contributed by atoms with Crippen molar-refractivity contribution in [3.8, 4) is 11.1 Å². The molecule has 0 spiro atoms. The van der Waals surface area contributed by atoms with Gasteiger partial charge in [-0.05, 0) is 28.7 Å². The van der Waals surface area contributed by atoms with Gasteiger partial charge in [-0.2, -0.15) is 0 Å². The molecular weight excluding hydrogens is 227 g/mol. The second kappa shape index (κ2) is 5.32. The van der Waals surface area contributed by atoms with E-state index in [0.29, 0.717) is 5.56 Å². The van der Waals surface area contributed by atoms with Gasteiger partial charge in [0.15, 0.2) is 0 Å². The number of halogens is 1. The number of rotatable bonds is 3. The molecule has 0 amide bonds. The zero-order valence-corrected chi connectivity index (χ0v) is 10.7. The fourth-order valence-electron chi connectivity index (χ4n) is 2.10. The van der Waals surface area contributed by atoms with Crippen molar-refractivity contribution in [2.45, 2.75) is 26.4 Å². The number of hydrogen-bond acceptors (Lipinski definition) is 1. The molecule has 2 aromatic carbocycles. The summed E-state index contributed by atoms with van der Waals surface area (Å²) in [5, 5.41) is 9.02. The quantitative estimate of drug-likeness (QED) is 0.861. The standard InChI is InChI=1S/C16H17FO/c1-11(2)14-4-3-5-15(17)16(14)13-8-6-12(10-18)7-9-13/h3-9,11,18H,10H2,1-2H3. The third kappa shape index (κ3) is 2.44. The van der Waals surface area contributed by atoms with E-state index in [-0.39, 0.29) is 18.3 Å². The molecule has 2 aromatic rings. The maximum atomic E-state index is 14.0. The van der Waals surface area contributed by atoms with Crippen LogP contribution in [0.4, 0.5) is 4.39 Å². The predicted molar refractivity (Wildman–Crippen MR) is 71.8 cm³/mol. The molecule has 2 heteroatoms. The lowest BCUT2D eigenvalue weighted by molar-refractivity contribution is 0.282. The number of aliphatic hydroxyl groups excluding tert-OH is 1. The zero-order valence-electron chi connectivity index (χ0n) is 10.7. The molecule has 0 aromatic heterocycles. The van der Waals surface area contributed by atoms with Gasteiger partial charge in [0.2, 0.25) is 0 Å². The molecule has 0 aliphatic carbocycles. The molecule has 2 rings (SSSR count). The van der Waals surface area contributed by atoms with E-state index in [4.69, 9.17) is 5.11 Å². The van der Waals surface area contributed by atoms with Gasteiger partial charge in [0.05, 0.1) is 6.61 Å². The van der Waals surface area contributed by atoms with Crippen molar-refractivity contribution in [2.24, 2.45) is 0 Å². The topological polar surface area (TPSA) is 20.2 Å². The van der Waals surface area contributed by atoms with Crippen LogP contribution in [0.25, 0.3) is 11.1 Å². The summed E-state index contributed by atoms with van der Waals surface area (Å²) in [4.78, 5) is 0. The Morgan fingerprint density at radius 3 is 2.28 bits per heavy atom. The normalized spacial score (nSPS) is 10.9. The van der Waals surface area contributed by atoms with E-state index in [1.165, 1.54) is 6.07 Å². The van der Waals surface area contributed by atoms with E-state index >= 15 is 0 Å². The Kier molecular flexibility index (Phi) is 3.78. The van der Waals surface area contributed by atoms with Gasteiger partial charge in [0.25, 0.3) is 0 Å². The molecule has 94 valence electrons. The van der Waals surface area contributed by atoms with E-state index < -0.39 is 0 Å². The molecule has 18 heavy (non-hydrogen) atoms. The van der Waals surface area contributed by atoms with Crippen molar-refractivity contribution in [1.82, 2.24) is 0 Å². The third-order valence-corrected chi connectivity index (χ3v) is 3.09. The molecule has 0 radical (unpaired) electrons. The average molecular weight is 244 g/mol. The van der Waals surface area contributed by atoms with Crippen molar-refractivity contribution < 1.29 is 9.50 Å². The molecule has 0 aliphatic heterocycles. The molecule has 0 unspecified atom stereocenters. The van der Waals surface area contributed by atoms with Gasteiger partial charge < -0.3 is 5.11 Å². The fourth-order valence-corrected chi connectivity index (χ4v) is 2.10. The van der Waals surface area contributed by atoms with Gasteiger partial charge >= 0.3 is 0 Å². The molecular formula is C16H17FO. The smallest absolute Gasteiger partial charge is 0.131 e. The highest BCUT2D eigenvalue weighted by atomic mass is 19.1. The van der Waals surface area contributed by atoms with Crippen molar-refractivity contribution in [2.75, 3.05) is 0 Å². The van der Waals surface area contributed by atoms with E-state index in [1.54, 1.807) is 6.07 Å². The van der Waals surface area contributed by atoms with Gasteiger partial charge in [-0.3, -0.25) is 0 Å². The van der Waals surface area contributed by atoms with E-state index in [2.05, 4.69) is 13.8 Å². The minimum atomic E-state index is -0.196. The second-order valence-corrected chi connectivity index (χ2v) is 4.71. The number of aliphatic hydroxyl groups is 1. The molecule has 0 heterocycles. The van der Waals surface area contributed by atoms with Crippen LogP contribution in [0, 0.1) is 5.82 Å². The predicted octanol–water partition coefficient (Wildman–Crippen LogP) is 4.11. The van der Waals surface area contributed by atoms with Crippen LogP contribution in [0.2, 0.25) is 0 Å². The summed E-state index contributed by atoms with van der Waals surface area (Å²) in [6.45, 7) is 4.12. The van der Waals surface area contributed by atoms with Crippen LogP contribution < -0.4 is 0 Å². The molecule has 0 atom stereocenters. The first-order valence-corrected chi connectivity index (χ1v) is 6.12. The Bertz CT molecular complexity index is 529. The van der Waals surface area contributed by atoms with E-state index in [1.807, 2.05) is 30.3 Å². The maximum absolute atomic E-state index is 14.0. The van der Waals surface area contributed by atoms with Gasteiger partial charge in [-0.1, -0.05) is 50.2 Å². The van der Waals surface area contributed by atoms with Crippen LogP contribution in [0.15, 0.2) is 42.5 Å². The largest absolute Gasteiger partial charge is 0.392 e. The summed E-state index contributed by atoms with van der Waals surface area (Å²) < 4.78 is 14.0. The molecule has 0 aliphatic rings. The molecule has 0 saturated carbocycles. The maximum Gasteiger partial charge on any atom is 0.131 e. The summed E-state index contributed by atoms with van der Waals surface area (Å²) in [5.41, 5.74) is 3.36. The minimum Gasteiger partial charge on any atom is -0.392 e. The van der Waals surface area contributed by atoms with Crippen LogP contribution >= 0.6 is 0 Å². The second-order valence-electron chi connectivity index (χ2n) is 4.71. The Hall–Kier alpha value is -1.67. The van der Waals surface area contributed by atoms with E-state index in [0.717, 1.165) is 16.7 Å². The first kappa shape index (κ1) is 12.8. The fraction of sp³-hybridized carbons (Fsp3) is 0.250. The molecule has 1 nitrogen and oxygen atoms in total. The first-order valence-electron chi connectivity index (χ1n) is 6.12. The minimum absolute atomic E-state index is 0.00852. The lowest BCUT2D eigenvalue weighted by atomic mass is 9.92. The average Bonchev–Trinajstić information content (AvgIpc) is 2.38. The van der Waals surface area contributed by atoms with Crippen molar-refractivity contribution in [3.05, 3.63) is 59.4 Å². The monoisotopic (exact) mass is 244 g/mol. The first-order chi connectivity index (χ1) is 8.63. The van der Waals surface area contributed by atoms with Crippen LogP contribution in [-0.4, -0.2) is 5.11 Å². The van der Waals surface area contributed by atoms with Gasteiger partial charge in [0.1, 0.15) is 5.82 Å². The van der Waals surface area contributed by atoms with Crippen LogP contribution in [0.1, 0.15) is 30.9 Å². The lowest BCUT2D eigenvalue weighted by Crippen LogP contribution is -1.96.